The van der Waals surface area contributed by atoms with Gasteiger partial charge in [-0.1, -0.05) is 49.4 Å². The molecular weight excluding hydrogens is 326 g/mol. The van der Waals surface area contributed by atoms with Gasteiger partial charge in [0, 0.05) is 5.92 Å². The van der Waals surface area contributed by atoms with E-state index < -0.39 is 0 Å². The maximum absolute atomic E-state index is 12.7. The molecule has 1 saturated heterocycles. The summed E-state index contributed by atoms with van der Waals surface area (Å²) >= 11 is 0. The van der Waals surface area contributed by atoms with Crippen LogP contribution >= 0.6 is 0 Å². The first-order valence-corrected chi connectivity index (χ1v) is 9.02. The smallest absolute Gasteiger partial charge is 0.253 e. The van der Waals surface area contributed by atoms with Crippen molar-refractivity contribution in [2.24, 2.45) is 11.8 Å². The lowest BCUT2D eigenvalue weighted by Gasteiger charge is -2.31. The number of amides is 2. The average Bonchev–Trinajstić information content (AvgIpc) is 2.61. The first-order chi connectivity index (χ1) is 12.6. The van der Waals surface area contributed by atoms with Gasteiger partial charge in [-0.2, -0.15) is 0 Å². The molecule has 2 aromatic rings. The zero-order chi connectivity index (χ0) is 18.5. The summed E-state index contributed by atoms with van der Waals surface area (Å²) in [5.74, 6) is 0.0211. The lowest BCUT2D eigenvalue weighted by molar-refractivity contribution is -0.121. The Morgan fingerprint density at radius 1 is 1.00 bits per heavy atom. The lowest BCUT2D eigenvalue weighted by atomic mass is 9.88. The summed E-state index contributed by atoms with van der Waals surface area (Å²) in [7, 11) is 0. The molecule has 0 spiro atoms. The minimum atomic E-state index is -0.199. The highest BCUT2D eigenvalue weighted by molar-refractivity contribution is 6.04. The van der Waals surface area contributed by atoms with Crippen LogP contribution in [0.25, 0.3) is 0 Å². The normalized spacial score (nSPS) is 16.2. The third kappa shape index (κ3) is 4.11. The predicted molar refractivity (Wildman–Crippen MR) is 103 cm³/mol. The van der Waals surface area contributed by atoms with Gasteiger partial charge in [-0.05, 0) is 43.6 Å². The van der Waals surface area contributed by atoms with Crippen molar-refractivity contribution in [3.8, 4) is 0 Å². The molecule has 1 fully saturated rings. The molecule has 136 valence electrons. The zero-order valence-electron chi connectivity index (χ0n) is 15.2. The second-order valence-electron chi connectivity index (χ2n) is 6.85. The number of rotatable bonds is 6. The third-order valence-electron chi connectivity index (χ3n) is 5.01. The van der Waals surface area contributed by atoms with Gasteiger partial charge in [0.15, 0.2) is 0 Å². The molecule has 2 unspecified atom stereocenters. The van der Waals surface area contributed by atoms with Crippen molar-refractivity contribution in [2.75, 3.05) is 18.4 Å². The van der Waals surface area contributed by atoms with Crippen LogP contribution in [0.2, 0.25) is 0 Å². The topological polar surface area (TPSA) is 70.2 Å². The quantitative estimate of drug-likeness (QED) is 0.749. The standard InChI is InChI=1S/C21H25N3O2/c1-14(17-12-22-13-17)20(25)24-19-11-7-6-10-18(19)21(26)23-15(2)16-8-4-3-5-9-16/h3-11,14-15,17,22H,12-13H2,1-2H3,(H,23,26)(H,24,25). The summed E-state index contributed by atoms with van der Waals surface area (Å²) in [6.45, 7) is 5.61. The minimum absolute atomic E-state index is 0.0483. The van der Waals surface area contributed by atoms with Gasteiger partial charge in [-0.15, -0.1) is 0 Å². The molecule has 2 amide bonds. The molecule has 3 rings (SSSR count). The van der Waals surface area contributed by atoms with Gasteiger partial charge in [0.1, 0.15) is 0 Å². The highest BCUT2D eigenvalue weighted by Gasteiger charge is 2.29. The van der Waals surface area contributed by atoms with Gasteiger partial charge in [0.25, 0.3) is 5.91 Å². The fourth-order valence-electron chi connectivity index (χ4n) is 3.01. The van der Waals surface area contributed by atoms with Crippen LogP contribution in [0.3, 0.4) is 0 Å². The highest BCUT2D eigenvalue weighted by atomic mass is 16.2. The molecule has 3 N–H and O–H groups in total. The molecule has 0 saturated carbocycles. The van der Waals surface area contributed by atoms with Crippen LogP contribution in [0.1, 0.15) is 35.8 Å². The Kier molecular flexibility index (Phi) is 5.68. The van der Waals surface area contributed by atoms with E-state index in [1.165, 1.54) is 0 Å². The van der Waals surface area contributed by atoms with Crippen LogP contribution in [0, 0.1) is 11.8 Å². The second-order valence-corrected chi connectivity index (χ2v) is 6.85. The summed E-state index contributed by atoms with van der Waals surface area (Å²) in [6, 6.07) is 16.8. The molecule has 1 aliphatic rings. The van der Waals surface area contributed by atoms with E-state index in [4.69, 9.17) is 0 Å². The fraction of sp³-hybridized carbons (Fsp3) is 0.333. The maximum atomic E-state index is 12.7. The molecule has 0 radical (unpaired) electrons. The van der Waals surface area contributed by atoms with Crippen molar-refractivity contribution in [1.82, 2.24) is 10.6 Å². The molecule has 2 atom stereocenters. The summed E-state index contributed by atoms with van der Waals surface area (Å²) in [5, 5.41) is 9.11. The van der Waals surface area contributed by atoms with Gasteiger partial charge in [-0.3, -0.25) is 9.59 Å². The van der Waals surface area contributed by atoms with Crippen molar-refractivity contribution in [2.45, 2.75) is 19.9 Å². The first kappa shape index (κ1) is 18.1. The molecule has 1 heterocycles. The van der Waals surface area contributed by atoms with Gasteiger partial charge < -0.3 is 16.0 Å². The summed E-state index contributed by atoms with van der Waals surface area (Å²) in [6.07, 6.45) is 0. The zero-order valence-corrected chi connectivity index (χ0v) is 15.2. The number of hydrogen-bond acceptors (Lipinski definition) is 3. The van der Waals surface area contributed by atoms with E-state index >= 15 is 0 Å². The van der Waals surface area contributed by atoms with Crippen LogP contribution in [0.4, 0.5) is 5.69 Å². The number of hydrogen-bond donors (Lipinski definition) is 3. The molecule has 0 aliphatic carbocycles. The minimum Gasteiger partial charge on any atom is -0.345 e. The number of para-hydroxylation sites is 1. The molecule has 0 aromatic heterocycles. The van der Waals surface area contributed by atoms with Crippen LogP contribution in [-0.4, -0.2) is 24.9 Å². The van der Waals surface area contributed by atoms with Crippen molar-refractivity contribution < 1.29 is 9.59 Å². The number of nitrogens with one attached hydrogen (secondary N) is 3. The van der Waals surface area contributed by atoms with Crippen LogP contribution in [0.15, 0.2) is 54.6 Å². The Labute approximate surface area is 154 Å². The van der Waals surface area contributed by atoms with E-state index in [1.54, 1.807) is 18.2 Å². The summed E-state index contributed by atoms with van der Waals surface area (Å²) < 4.78 is 0. The number of benzene rings is 2. The van der Waals surface area contributed by atoms with Crippen molar-refractivity contribution in [3.05, 3.63) is 65.7 Å². The average molecular weight is 351 g/mol. The molecule has 5 nitrogen and oxygen atoms in total. The largest absolute Gasteiger partial charge is 0.345 e. The van der Waals surface area contributed by atoms with Crippen LogP contribution < -0.4 is 16.0 Å². The van der Waals surface area contributed by atoms with Gasteiger partial charge >= 0.3 is 0 Å². The van der Waals surface area contributed by atoms with E-state index in [-0.39, 0.29) is 23.8 Å². The summed E-state index contributed by atoms with van der Waals surface area (Å²) in [4.78, 5) is 25.2. The molecule has 2 aromatic carbocycles. The Balaban J connectivity index is 1.69. The van der Waals surface area contributed by atoms with Crippen molar-refractivity contribution >= 4 is 17.5 Å². The Morgan fingerprint density at radius 2 is 1.65 bits per heavy atom. The number of anilines is 1. The number of carbonyl (C=O) groups is 2. The van der Waals surface area contributed by atoms with Gasteiger partial charge in [0.05, 0.1) is 17.3 Å². The van der Waals surface area contributed by atoms with E-state index in [0.29, 0.717) is 17.2 Å². The Bertz CT molecular complexity index is 772. The molecule has 0 bridgehead atoms. The van der Waals surface area contributed by atoms with Crippen molar-refractivity contribution in [3.63, 3.8) is 0 Å². The molecular formula is C21H25N3O2. The Hall–Kier alpha value is -2.66. The maximum Gasteiger partial charge on any atom is 0.253 e. The number of carbonyl (C=O) groups excluding carboxylic acids is 2. The second kappa shape index (κ2) is 8.15. The Morgan fingerprint density at radius 3 is 2.31 bits per heavy atom. The van der Waals surface area contributed by atoms with E-state index in [9.17, 15) is 9.59 Å². The van der Waals surface area contributed by atoms with Gasteiger partial charge in [0.2, 0.25) is 5.91 Å². The summed E-state index contributed by atoms with van der Waals surface area (Å²) in [5.41, 5.74) is 2.06. The highest BCUT2D eigenvalue weighted by Crippen LogP contribution is 2.21. The van der Waals surface area contributed by atoms with Crippen molar-refractivity contribution in [1.29, 1.82) is 0 Å². The van der Waals surface area contributed by atoms with E-state index in [1.807, 2.05) is 50.2 Å². The van der Waals surface area contributed by atoms with Crippen LogP contribution in [0.5, 0.6) is 0 Å². The third-order valence-corrected chi connectivity index (χ3v) is 5.01. The molecule has 5 heteroatoms. The fourth-order valence-corrected chi connectivity index (χ4v) is 3.01. The molecule has 26 heavy (non-hydrogen) atoms. The lowest BCUT2D eigenvalue weighted by Crippen LogP contribution is -2.48. The van der Waals surface area contributed by atoms with E-state index in [0.717, 1.165) is 18.7 Å². The van der Waals surface area contributed by atoms with Crippen LogP contribution in [-0.2, 0) is 4.79 Å². The SMILES string of the molecule is CC(NC(=O)c1ccccc1NC(=O)C(C)C1CNC1)c1ccccc1. The van der Waals surface area contributed by atoms with E-state index in [2.05, 4.69) is 16.0 Å². The van der Waals surface area contributed by atoms with Gasteiger partial charge in [-0.25, -0.2) is 0 Å². The molecule has 1 aliphatic heterocycles. The monoisotopic (exact) mass is 351 g/mol. The first-order valence-electron chi connectivity index (χ1n) is 9.02. The predicted octanol–water partition coefficient (Wildman–Crippen LogP) is 2.97.